The summed E-state index contributed by atoms with van der Waals surface area (Å²) in [5.74, 6) is 0.448. The van der Waals surface area contributed by atoms with Gasteiger partial charge in [0, 0.05) is 12.3 Å². The first-order chi connectivity index (χ1) is 7.99. The van der Waals surface area contributed by atoms with Gasteiger partial charge in [-0.05, 0) is 0 Å². The van der Waals surface area contributed by atoms with Crippen LogP contribution in [0.25, 0.3) is 0 Å². The molecule has 8 heteroatoms. The Kier molecular flexibility index (Phi) is 8.61. The van der Waals surface area contributed by atoms with Crippen molar-refractivity contribution in [2.45, 2.75) is 37.1 Å². The molecule has 102 valence electrons. The molecule has 0 aromatic carbocycles. The van der Waals surface area contributed by atoms with E-state index in [2.05, 4.69) is 4.74 Å². The topological polar surface area (TPSA) is 127 Å². The Morgan fingerprint density at radius 1 is 1.12 bits per heavy atom. The summed E-state index contributed by atoms with van der Waals surface area (Å²) < 4.78 is 4.58. The Morgan fingerprint density at radius 2 is 1.71 bits per heavy atom. The Bertz CT molecular complexity index is 211. The number of aliphatic hydroxyl groups excluding tert-OH is 5. The maximum atomic E-state index is 9.32. The molecule has 1 saturated heterocycles. The van der Waals surface area contributed by atoms with Crippen molar-refractivity contribution in [3.05, 3.63) is 0 Å². The average Bonchev–Trinajstić information content (AvgIpc) is 2.33. The lowest BCUT2D eigenvalue weighted by molar-refractivity contribution is -0.286. The second-order valence-corrected chi connectivity index (χ2v) is 3.74. The fourth-order valence-corrected chi connectivity index (χ4v) is 1.22. The zero-order valence-corrected chi connectivity index (χ0v) is 9.77. The van der Waals surface area contributed by atoms with Crippen molar-refractivity contribution < 1.29 is 35.1 Å². The molecule has 5 atom stereocenters. The minimum absolute atomic E-state index is 0.448. The van der Waals surface area contributed by atoms with Crippen LogP contribution in [0.1, 0.15) is 6.42 Å². The quantitative estimate of drug-likeness (QED) is 0.286. The molecule has 0 aromatic rings. The summed E-state index contributed by atoms with van der Waals surface area (Å²) in [5.41, 5.74) is 0. The lowest BCUT2D eigenvalue weighted by atomic mass is 10.00. The molecule has 1 fully saturated rings. The summed E-state index contributed by atoms with van der Waals surface area (Å²) in [4.78, 5) is 9.32. The first-order valence-corrected chi connectivity index (χ1v) is 5.51. The molecule has 1 aliphatic heterocycles. The number of hydrogen-bond acceptors (Lipinski definition) is 7. The fourth-order valence-electron chi connectivity index (χ4n) is 1.13. The first-order valence-electron chi connectivity index (χ1n) is 4.97. The van der Waals surface area contributed by atoms with Gasteiger partial charge in [-0.15, -0.1) is 11.6 Å². The largest absolute Gasteiger partial charge is 0.394 e. The van der Waals surface area contributed by atoms with Crippen molar-refractivity contribution in [2.75, 3.05) is 12.5 Å². The Balaban J connectivity index is 0.000000437. The van der Waals surface area contributed by atoms with E-state index in [1.54, 1.807) is 0 Å². The van der Waals surface area contributed by atoms with Gasteiger partial charge in [0.15, 0.2) is 6.29 Å². The van der Waals surface area contributed by atoms with Crippen LogP contribution in [0, 0.1) is 0 Å². The highest BCUT2D eigenvalue weighted by molar-refractivity contribution is 6.18. The zero-order chi connectivity index (χ0) is 13.4. The molecule has 0 radical (unpaired) electrons. The van der Waals surface area contributed by atoms with Gasteiger partial charge >= 0.3 is 0 Å². The molecule has 7 nitrogen and oxygen atoms in total. The molecule has 17 heavy (non-hydrogen) atoms. The van der Waals surface area contributed by atoms with Gasteiger partial charge in [0.05, 0.1) is 6.61 Å². The normalized spacial score (nSPS) is 36.9. The molecule has 0 bridgehead atoms. The maximum absolute atomic E-state index is 9.32. The molecule has 5 unspecified atom stereocenters. The minimum Gasteiger partial charge on any atom is -0.394 e. The lowest BCUT2D eigenvalue weighted by Crippen LogP contribution is -2.58. The lowest BCUT2D eigenvalue weighted by Gasteiger charge is -2.37. The molecule has 1 rings (SSSR count). The molecule has 1 heterocycles. The summed E-state index contributed by atoms with van der Waals surface area (Å²) in [6.45, 7) is -0.526. The predicted octanol–water partition coefficient (Wildman–Crippen LogP) is -2.41. The third-order valence-electron chi connectivity index (χ3n) is 2.09. The second kappa shape index (κ2) is 8.76. The number of aliphatic hydroxyl groups is 5. The van der Waals surface area contributed by atoms with E-state index in [0.29, 0.717) is 12.3 Å². The van der Waals surface area contributed by atoms with Crippen LogP contribution >= 0.6 is 11.6 Å². The molecular formula is C9H17ClO7. The third-order valence-corrected chi connectivity index (χ3v) is 2.31. The Morgan fingerprint density at radius 3 is 2.06 bits per heavy atom. The van der Waals surface area contributed by atoms with Gasteiger partial charge in [-0.3, -0.25) is 0 Å². The highest BCUT2D eigenvalue weighted by Gasteiger charge is 2.42. The number of alkyl halides is 1. The van der Waals surface area contributed by atoms with Gasteiger partial charge in [-0.25, -0.2) is 0 Å². The van der Waals surface area contributed by atoms with Crippen molar-refractivity contribution in [1.82, 2.24) is 0 Å². The maximum Gasteiger partial charge on any atom is 0.184 e. The number of halogens is 1. The summed E-state index contributed by atoms with van der Waals surface area (Å²) >= 11 is 5.07. The minimum atomic E-state index is -1.57. The van der Waals surface area contributed by atoms with E-state index in [1.807, 2.05) is 0 Å². The number of ether oxygens (including phenoxy) is 1. The summed E-state index contributed by atoms with van der Waals surface area (Å²) in [6.07, 6.45) is -5.77. The number of carbonyl (C=O) groups excluding carboxylic acids is 1. The van der Waals surface area contributed by atoms with Crippen molar-refractivity contribution >= 4 is 17.9 Å². The van der Waals surface area contributed by atoms with Crippen molar-refractivity contribution in [1.29, 1.82) is 0 Å². The summed E-state index contributed by atoms with van der Waals surface area (Å²) in [6, 6.07) is 0. The number of rotatable bonds is 3. The molecule has 0 amide bonds. The van der Waals surface area contributed by atoms with Gasteiger partial charge in [0.25, 0.3) is 0 Å². The smallest absolute Gasteiger partial charge is 0.184 e. The van der Waals surface area contributed by atoms with Gasteiger partial charge in [0.1, 0.15) is 30.7 Å². The SMILES string of the molecule is O=CCCCl.OCC1OC(O)C(O)C(O)C1O. The molecule has 1 aliphatic rings. The molecule has 5 N–H and O–H groups in total. The van der Waals surface area contributed by atoms with Gasteiger partial charge in [-0.2, -0.15) is 0 Å². The van der Waals surface area contributed by atoms with E-state index in [-0.39, 0.29) is 0 Å². The van der Waals surface area contributed by atoms with Crippen LogP contribution in [0.2, 0.25) is 0 Å². The molecule has 0 saturated carbocycles. The first kappa shape index (κ1) is 16.7. The fraction of sp³-hybridized carbons (Fsp3) is 0.889. The van der Waals surface area contributed by atoms with Gasteiger partial charge < -0.3 is 35.1 Å². The van der Waals surface area contributed by atoms with E-state index in [1.165, 1.54) is 0 Å². The van der Waals surface area contributed by atoms with Gasteiger partial charge in [-0.1, -0.05) is 0 Å². The highest BCUT2D eigenvalue weighted by atomic mass is 35.5. The zero-order valence-electron chi connectivity index (χ0n) is 9.02. The number of hydrogen-bond donors (Lipinski definition) is 5. The van der Waals surface area contributed by atoms with Crippen LogP contribution in [-0.2, 0) is 9.53 Å². The van der Waals surface area contributed by atoms with Crippen molar-refractivity contribution in [3.8, 4) is 0 Å². The predicted molar refractivity (Wildman–Crippen MR) is 57.4 cm³/mol. The van der Waals surface area contributed by atoms with Crippen LogP contribution in [0.15, 0.2) is 0 Å². The number of carbonyl (C=O) groups is 1. The van der Waals surface area contributed by atoms with Crippen molar-refractivity contribution in [2.24, 2.45) is 0 Å². The van der Waals surface area contributed by atoms with Crippen LogP contribution in [0.3, 0.4) is 0 Å². The average molecular weight is 273 g/mol. The molecule has 0 aliphatic carbocycles. The van der Waals surface area contributed by atoms with E-state index >= 15 is 0 Å². The van der Waals surface area contributed by atoms with Crippen LogP contribution in [-0.4, -0.2) is 75.0 Å². The Labute approximate surface area is 103 Å². The van der Waals surface area contributed by atoms with E-state index in [0.717, 1.165) is 6.29 Å². The van der Waals surface area contributed by atoms with E-state index in [4.69, 9.17) is 37.1 Å². The third kappa shape index (κ3) is 5.26. The van der Waals surface area contributed by atoms with E-state index < -0.39 is 37.3 Å². The monoisotopic (exact) mass is 272 g/mol. The van der Waals surface area contributed by atoms with Crippen LogP contribution in [0.5, 0.6) is 0 Å². The molecule has 0 spiro atoms. The highest BCUT2D eigenvalue weighted by Crippen LogP contribution is 2.18. The Hall–Kier alpha value is -0.280. The summed E-state index contributed by atoms with van der Waals surface area (Å²) in [7, 11) is 0. The van der Waals surface area contributed by atoms with Crippen molar-refractivity contribution in [3.63, 3.8) is 0 Å². The van der Waals surface area contributed by atoms with Crippen LogP contribution < -0.4 is 0 Å². The number of aldehydes is 1. The molecular weight excluding hydrogens is 256 g/mol. The standard InChI is InChI=1S/C6H12O6.C3H5ClO/c7-1-2-3(8)4(9)5(10)6(11)12-2;4-2-1-3-5/h2-11H,1H2;3H,1-2H2. The van der Waals surface area contributed by atoms with E-state index in [9.17, 15) is 4.79 Å². The summed E-state index contributed by atoms with van der Waals surface area (Å²) in [5, 5.41) is 44.7. The van der Waals surface area contributed by atoms with Crippen LogP contribution in [0.4, 0.5) is 0 Å². The molecule has 0 aromatic heterocycles. The van der Waals surface area contributed by atoms with Gasteiger partial charge in [0.2, 0.25) is 0 Å². The second-order valence-electron chi connectivity index (χ2n) is 3.36.